The van der Waals surface area contributed by atoms with Gasteiger partial charge >= 0.3 is 5.63 Å². The van der Waals surface area contributed by atoms with E-state index in [1.54, 1.807) is 24.3 Å². The summed E-state index contributed by atoms with van der Waals surface area (Å²) >= 11 is 0. The van der Waals surface area contributed by atoms with Crippen LogP contribution in [0.1, 0.15) is 31.1 Å². The number of hydrogen-bond acceptors (Lipinski definition) is 5. The van der Waals surface area contributed by atoms with E-state index < -0.39 is 11.5 Å². The molecular weight excluding hydrogens is 310 g/mol. The molecule has 6 nitrogen and oxygen atoms in total. The van der Waals surface area contributed by atoms with Crippen molar-refractivity contribution in [3.8, 4) is 5.75 Å². The lowest BCUT2D eigenvalue weighted by atomic mass is 9.89. The van der Waals surface area contributed by atoms with Crippen LogP contribution in [0.25, 0.3) is 11.0 Å². The van der Waals surface area contributed by atoms with Gasteiger partial charge in [0, 0.05) is 23.4 Å². The van der Waals surface area contributed by atoms with Crippen LogP contribution in [0, 0.1) is 5.41 Å². The summed E-state index contributed by atoms with van der Waals surface area (Å²) in [6.07, 6.45) is 0.0241. The van der Waals surface area contributed by atoms with Crippen molar-refractivity contribution >= 4 is 16.9 Å². The highest BCUT2D eigenvalue weighted by Gasteiger charge is 2.33. The summed E-state index contributed by atoms with van der Waals surface area (Å²) in [7, 11) is 0. The topological polar surface area (TPSA) is 77.8 Å². The van der Waals surface area contributed by atoms with E-state index in [2.05, 4.69) is 5.32 Å². The second kappa shape index (κ2) is 6.28. The van der Waals surface area contributed by atoms with Crippen LogP contribution in [0.3, 0.4) is 0 Å². The number of amides is 1. The van der Waals surface area contributed by atoms with E-state index >= 15 is 0 Å². The Bertz CT molecular complexity index is 820. The largest absolute Gasteiger partial charge is 0.491 e. The third kappa shape index (κ3) is 3.43. The Labute approximate surface area is 139 Å². The van der Waals surface area contributed by atoms with Gasteiger partial charge in [0.15, 0.2) is 0 Å². The number of rotatable bonds is 5. The molecule has 0 bridgehead atoms. The maximum absolute atomic E-state index is 12.3. The minimum absolute atomic E-state index is 0.00358. The van der Waals surface area contributed by atoms with Crippen molar-refractivity contribution in [1.29, 1.82) is 0 Å². The van der Waals surface area contributed by atoms with Crippen LogP contribution in [-0.4, -0.2) is 31.8 Å². The molecule has 0 spiro atoms. The van der Waals surface area contributed by atoms with Crippen molar-refractivity contribution in [3.63, 3.8) is 0 Å². The Morgan fingerprint density at radius 3 is 2.71 bits per heavy atom. The highest BCUT2D eigenvalue weighted by Crippen LogP contribution is 2.25. The van der Waals surface area contributed by atoms with E-state index in [-0.39, 0.29) is 17.1 Å². The lowest BCUT2D eigenvalue weighted by Gasteiger charge is -2.37. The normalized spacial score (nSPS) is 16.0. The van der Waals surface area contributed by atoms with Crippen molar-refractivity contribution in [2.24, 2.45) is 5.41 Å². The van der Waals surface area contributed by atoms with Crippen LogP contribution in [0.2, 0.25) is 0 Å². The lowest BCUT2D eigenvalue weighted by molar-refractivity contribution is -0.0978. The molecule has 1 aliphatic heterocycles. The molecule has 1 aliphatic rings. The molecule has 0 saturated carbocycles. The van der Waals surface area contributed by atoms with Crippen LogP contribution in [0.4, 0.5) is 0 Å². The van der Waals surface area contributed by atoms with Crippen LogP contribution < -0.4 is 15.7 Å². The van der Waals surface area contributed by atoms with Gasteiger partial charge in [-0.25, -0.2) is 4.79 Å². The summed E-state index contributed by atoms with van der Waals surface area (Å²) in [4.78, 5) is 24.4. The molecule has 1 aromatic heterocycles. The Morgan fingerprint density at radius 1 is 1.33 bits per heavy atom. The first kappa shape index (κ1) is 16.5. The van der Waals surface area contributed by atoms with E-state index in [9.17, 15) is 9.59 Å². The zero-order chi connectivity index (χ0) is 17.3. The number of ether oxygens (including phenoxy) is 2. The molecule has 1 amide bonds. The molecular formula is C18H21NO5. The molecule has 0 unspecified atom stereocenters. The fourth-order valence-electron chi connectivity index (χ4n) is 2.54. The second-order valence-electron chi connectivity index (χ2n) is 6.80. The maximum atomic E-state index is 12.3. The SMILES string of the molecule is CC(C)Oc1ccc2cc(C(=O)NCC3(C)COC3)c(=O)oc2c1. The van der Waals surface area contributed by atoms with Crippen molar-refractivity contribution in [2.75, 3.05) is 19.8 Å². The van der Waals surface area contributed by atoms with Crippen LogP contribution in [-0.2, 0) is 4.74 Å². The third-order valence-corrected chi connectivity index (χ3v) is 3.90. The van der Waals surface area contributed by atoms with Gasteiger partial charge in [0.2, 0.25) is 0 Å². The summed E-state index contributed by atoms with van der Waals surface area (Å²) in [6, 6.07) is 6.77. The third-order valence-electron chi connectivity index (χ3n) is 3.90. The maximum Gasteiger partial charge on any atom is 0.349 e. The summed E-state index contributed by atoms with van der Waals surface area (Å²) in [6.45, 7) is 7.54. The van der Waals surface area contributed by atoms with Crippen LogP contribution in [0.5, 0.6) is 5.75 Å². The molecule has 1 fully saturated rings. The summed E-state index contributed by atoms with van der Waals surface area (Å²) in [5.41, 5.74) is -0.315. The van der Waals surface area contributed by atoms with Gasteiger partial charge in [0.1, 0.15) is 16.9 Å². The Morgan fingerprint density at radius 2 is 2.08 bits per heavy atom. The number of carbonyl (C=O) groups excluding carboxylic acids is 1. The summed E-state index contributed by atoms with van der Waals surface area (Å²) in [5, 5.41) is 3.46. The van der Waals surface area contributed by atoms with Gasteiger partial charge in [-0.05, 0) is 32.0 Å². The minimum atomic E-state index is -0.656. The minimum Gasteiger partial charge on any atom is -0.491 e. The molecule has 1 saturated heterocycles. The molecule has 6 heteroatoms. The molecule has 1 aromatic carbocycles. The van der Waals surface area contributed by atoms with Gasteiger partial charge in [0.25, 0.3) is 5.91 Å². The van der Waals surface area contributed by atoms with Crippen molar-refractivity contribution in [2.45, 2.75) is 26.9 Å². The van der Waals surface area contributed by atoms with Gasteiger partial charge in [-0.1, -0.05) is 6.92 Å². The van der Waals surface area contributed by atoms with Gasteiger partial charge in [0.05, 0.1) is 19.3 Å². The van der Waals surface area contributed by atoms with Crippen molar-refractivity contribution in [1.82, 2.24) is 5.32 Å². The molecule has 2 aromatic rings. The molecule has 0 atom stereocenters. The molecule has 3 rings (SSSR count). The lowest BCUT2D eigenvalue weighted by Crippen LogP contribution is -2.49. The van der Waals surface area contributed by atoms with Crippen LogP contribution >= 0.6 is 0 Å². The number of carbonyl (C=O) groups is 1. The molecule has 128 valence electrons. The Hall–Kier alpha value is -2.34. The van der Waals surface area contributed by atoms with Crippen molar-refractivity contribution in [3.05, 3.63) is 40.2 Å². The van der Waals surface area contributed by atoms with Gasteiger partial charge in [-0.3, -0.25) is 4.79 Å². The van der Waals surface area contributed by atoms with Crippen LogP contribution in [0.15, 0.2) is 33.5 Å². The van der Waals surface area contributed by atoms with E-state index in [1.165, 1.54) is 0 Å². The van der Waals surface area contributed by atoms with Gasteiger partial charge < -0.3 is 19.2 Å². The smallest absolute Gasteiger partial charge is 0.349 e. The Kier molecular flexibility index (Phi) is 4.32. The van der Waals surface area contributed by atoms with E-state index in [0.29, 0.717) is 36.5 Å². The van der Waals surface area contributed by atoms with Gasteiger partial charge in [-0.15, -0.1) is 0 Å². The average Bonchev–Trinajstić information content (AvgIpc) is 2.49. The summed E-state index contributed by atoms with van der Waals surface area (Å²) in [5.74, 6) is 0.192. The van der Waals surface area contributed by atoms with E-state index in [1.807, 2.05) is 20.8 Å². The molecule has 2 heterocycles. The fraction of sp³-hybridized carbons (Fsp3) is 0.444. The van der Waals surface area contributed by atoms with Gasteiger partial charge in [-0.2, -0.15) is 0 Å². The Balaban J connectivity index is 1.82. The molecule has 0 radical (unpaired) electrons. The number of hydrogen-bond donors (Lipinski definition) is 1. The van der Waals surface area contributed by atoms with Crippen molar-refractivity contribution < 1.29 is 18.7 Å². The first-order valence-corrected chi connectivity index (χ1v) is 7.97. The number of fused-ring (bicyclic) bond motifs is 1. The molecule has 1 N–H and O–H groups in total. The van der Waals surface area contributed by atoms with E-state index in [4.69, 9.17) is 13.9 Å². The summed E-state index contributed by atoms with van der Waals surface area (Å²) < 4.78 is 16.0. The number of nitrogens with one attached hydrogen (secondary N) is 1. The predicted molar refractivity (Wildman–Crippen MR) is 89.5 cm³/mol. The predicted octanol–water partition coefficient (Wildman–Crippen LogP) is 2.35. The zero-order valence-corrected chi connectivity index (χ0v) is 14.0. The molecule has 0 aliphatic carbocycles. The highest BCUT2D eigenvalue weighted by molar-refractivity contribution is 5.96. The van der Waals surface area contributed by atoms with E-state index in [0.717, 1.165) is 0 Å². The standard InChI is InChI=1S/C18H21NO5/c1-11(2)23-13-5-4-12-6-14(17(21)24-15(12)7-13)16(20)19-8-18(3)9-22-10-18/h4-7,11H,8-10H2,1-3H3,(H,19,20). The number of benzene rings is 1. The first-order valence-electron chi connectivity index (χ1n) is 7.97. The quantitative estimate of drug-likeness (QED) is 0.851. The monoisotopic (exact) mass is 331 g/mol. The zero-order valence-electron chi connectivity index (χ0n) is 14.0. The highest BCUT2D eigenvalue weighted by atomic mass is 16.5. The first-order chi connectivity index (χ1) is 11.4. The average molecular weight is 331 g/mol. The second-order valence-corrected chi connectivity index (χ2v) is 6.80. The molecule has 24 heavy (non-hydrogen) atoms. The fourth-order valence-corrected chi connectivity index (χ4v) is 2.54.